The van der Waals surface area contributed by atoms with E-state index in [1.54, 1.807) is 25.1 Å². The number of carboxylic acid groups (broad SMARTS) is 1. The van der Waals surface area contributed by atoms with Crippen LogP contribution in [-0.4, -0.2) is 49.8 Å². The minimum absolute atomic E-state index is 0.0457. The molecule has 2 aliphatic rings. The second-order valence-corrected chi connectivity index (χ2v) is 12.0. The number of hydrogen-bond donors (Lipinski definition) is 2. The first-order chi connectivity index (χ1) is 16.7. The van der Waals surface area contributed by atoms with Crippen LogP contribution in [0.15, 0.2) is 35.2 Å². The Bertz CT molecular complexity index is 986. The van der Waals surface area contributed by atoms with Gasteiger partial charge in [0.1, 0.15) is 0 Å². The summed E-state index contributed by atoms with van der Waals surface area (Å²) in [6.07, 6.45) is 5.76. The molecule has 1 amide bonds. The fourth-order valence-corrected chi connectivity index (χ4v) is 6.94. The molecule has 194 valence electrons. The maximum Gasteiger partial charge on any atom is 0.308 e. The molecule has 3 rings (SSSR count). The lowest BCUT2D eigenvalue weighted by molar-refractivity contribution is -0.150. The Morgan fingerprint density at radius 1 is 1.11 bits per heavy atom. The number of carbonyl (C=O) groups excluding carboxylic acids is 2. The van der Waals surface area contributed by atoms with Crippen LogP contribution in [-0.2, 0) is 29.0 Å². The lowest BCUT2D eigenvalue weighted by Gasteiger charge is -2.35. The van der Waals surface area contributed by atoms with Gasteiger partial charge < -0.3 is 15.2 Å². The Kier molecular flexibility index (Phi) is 9.33. The number of rotatable bonds is 11. The molecule has 35 heavy (non-hydrogen) atoms. The number of amides is 1. The van der Waals surface area contributed by atoms with Gasteiger partial charge in [-0.1, -0.05) is 37.5 Å². The van der Waals surface area contributed by atoms with E-state index in [1.807, 2.05) is 0 Å². The molecule has 3 atom stereocenters. The lowest BCUT2D eigenvalue weighted by atomic mass is 9.75. The molecule has 2 aliphatic carbocycles. The Morgan fingerprint density at radius 3 is 2.43 bits per heavy atom. The zero-order valence-electron chi connectivity index (χ0n) is 20.4. The molecule has 1 aromatic carbocycles. The van der Waals surface area contributed by atoms with Crippen LogP contribution in [0.5, 0.6) is 0 Å². The standard InChI is InChI=1S/C26H37NO7S/c1-2-34-24(30)19-9-8-10-21(17-19)27-25(31)26(14-6-7-15-26)18-20(23(28)29)13-16-35(32,33)22-11-4-3-5-12-22/h3-5,11-12,19-21H,2,6-10,13-18H2,1H3,(H,27,31)(H,28,29)/t19-,20?,21+/m1/s1. The number of carboxylic acids is 1. The molecule has 0 aromatic heterocycles. The van der Waals surface area contributed by atoms with Crippen LogP contribution >= 0.6 is 0 Å². The van der Waals surface area contributed by atoms with E-state index < -0.39 is 27.1 Å². The SMILES string of the molecule is CCOC(=O)[C@@H]1CCC[C@H](NC(=O)C2(CC(CCS(=O)(=O)c3ccccc3)C(=O)O)CCCC2)C1. The molecular formula is C26H37NO7S. The van der Waals surface area contributed by atoms with E-state index in [9.17, 15) is 27.9 Å². The number of aliphatic carboxylic acids is 1. The van der Waals surface area contributed by atoms with Gasteiger partial charge in [-0.3, -0.25) is 14.4 Å². The van der Waals surface area contributed by atoms with Crippen molar-refractivity contribution in [3.63, 3.8) is 0 Å². The first-order valence-corrected chi connectivity index (χ1v) is 14.3. The molecule has 0 heterocycles. The Hall–Kier alpha value is -2.42. The molecule has 2 fully saturated rings. The fraction of sp³-hybridized carbons (Fsp3) is 0.654. The predicted molar refractivity (Wildman–Crippen MR) is 130 cm³/mol. The molecule has 0 spiro atoms. The highest BCUT2D eigenvalue weighted by Gasteiger charge is 2.45. The molecule has 8 nitrogen and oxygen atoms in total. The number of nitrogens with one attached hydrogen (secondary N) is 1. The van der Waals surface area contributed by atoms with Crippen molar-refractivity contribution in [2.45, 2.75) is 82.1 Å². The number of esters is 1. The third kappa shape index (κ3) is 7.06. The summed E-state index contributed by atoms with van der Waals surface area (Å²) in [6.45, 7) is 2.10. The van der Waals surface area contributed by atoms with Crippen LogP contribution < -0.4 is 5.32 Å². The lowest BCUT2D eigenvalue weighted by Crippen LogP contribution is -2.48. The topological polar surface area (TPSA) is 127 Å². The summed E-state index contributed by atoms with van der Waals surface area (Å²) >= 11 is 0. The normalized spacial score (nSPS) is 22.8. The van der Waals surface area contributed by atoms with E-state index in [0.29, 0.717) is 25.9 Å². The van der Waals surface area contributed by atoms with Gasteiger partial charge in [0.25, 0.3) is 0 Å². The smallest absolute Gasteiger partial charge is 0.308 e. The van der Waals surface area contributed by atoms with E-state index >= 15 is 0 Å². The monoisotopic (exact) mass is 507 g/mol. The van der Waals surface area contributed by atoms with Crippen LogP contribution in [0, 0.1) is 17.3 Å². The molecule has 0 bridgehead atoms. The second-order valence-electron chi connectivity index (χ2n) is 9.93. The van der Waals surface area contributed by atoms with Gasteiger partial charge in [-0.25, -0.2) is 8.42 Å². The van der Waals surface area contributed by atoms with Crippen LogP contribution in [0.4, 0.5) is 0 Å². The summed E-state index contributed by atoms with van der Waals surface area (Å²) in [7, 11) is -3.61. The molecule has 1 unspecified atom stereocenters. The van der Waals surface area contributed by atoms with E-state index in [4.69, 9.17) is 4.74 Å². The number of carbonyl (C=O) groups is 3. The van der Waals surface area contributed by atoms with Gasteiger partial charge in [0.05, 0.1) is 34.5 Å². The van der Waals surface area contributed by atoms with Crippen molar-refractivity contribution in [1.29, 1.82) is 0 Å². The summed E-state index contributed by atoms with van der Waals surface area (Å²) < 4.78 is 30.5. The van der Waals surface area contributed by atoms with Crippen molar-refractivity contribution in [2.24, 2.45) is 17.3 Å². The van der Waals surface area contributed by atoms with E-state index in [0.717, 1.165) is 32.1 Å². The predicted octanol–water partition coefficient (Wildman–Crippen LogP) is 3.74. The Morgan fingerprint density at radius 2 is 1.80 bits per heavy atom. The first-order valence-electron chi connectivity index (χ1n) is 12.6. The molecule has 1 aromatic rings. The first kappa shape index (κ1) is 27.2. The van der Waals surface area contributed by atoms with Crippen molar-refractivity contribution in [1.82, 2.24) is 5.32 Å². The minimum atomic E-state index is -3.61. The number of hydrogen-bond acceptors (Lipinski definition) is 6. The summed E-state index contributed by atoms with van der Waals surface area (Å²) in [5, 5.41) is 13.0. The van der Waals surface area contributed by atoms with Gasteiger partial charge in [0.15, 0.2) is 9.84 Å². The van der Waals surface area contributed by atoms with Crippen molar-refractivity contribution >= 4 is 27.7 Å². The van der Waals surface area contributed by atoms with Gasteiger partial charge in [-0.05, 0) is 64.0 Å². The highest BCUT2D eigenvalue weighted by molar-refractivity contribution is 7.91. The highest BCUT2D eigenvalue weighted by atomic mass is 32.2. The number of sulfone groups is 1. The van der Waals surface area contributed by atoms with Gasteiger partial charge in [-0.15, -0.1) is 0 Å². The third-order valence-corrected chi connectivity index (χ3v) is 9.26. The molecule has 0 saturated heterocycles. The molecule has 9 heteroatoms. The average molecular weight is 508 g/mol. The van der Waals surface area contributed by atoms with Crippen molar-refractivity contribution in [2.75, 3.05) is 12.4 Å². The van der Waals surface area contributed by atoms with Gasteiger partial charge in [0.2, 0.25) is 5.91 Å². The molecular weight excluding hydrogens is 470 g/mol. The molecule has 2 saturated carbocycles. The van der Waals surface area contributed by atoms with Crippen molar-refractivity contribution < 1.29 is 32.6 Å². The van der Waals surface area contributed by atoms with Crippen LogP contribution in [0.1, 0.15) is 71.1 Å². The van der Waals surface area contributed by atoms with E-state index in [1.165, 1.54) is 12.1 Å². The summed E-state index contributed by atoms with van der Waals surface area (Å²) in [6, 6.07) is 7.86. The maximum atomic E-state index is 13.5. The highest BCUT2D eigenvalue weighted by Crippen LogP contribution is 2.44. The Balaban J connectivity index is 1.66. The zero-order valence-corrected chi connectivity index (χ0v) is 21.2. The van der Waals surface area contributed by atoms with Gasteiger partial charge in [-0.2, -0.15) is 0 Å². The zero-order chi connectivity index (χ0) is 25.5. The number of ether oxygens (including phenoxy) is 1. The second kappa shape index (κ2) is 12.0. The fourth-order valence-electron chi connectivity index (χ4n) is 5.54. The largest absolute Gasteiger partial charge is 0.481 e. The van der Waals surface area contributed by atoms with Crippen LogP contribution in [0.2, 0.25) is 0 Å². The number of benzene rings is 1. The molecule has 0 aliphatic heterocycles. The summed E-state index contributed by atoms with van der Waals surface area (Å²) in [5.41, 5.74) is -0.823. The van der Waals surface area contributed by atoms with Crippen molar-refractivity contribution in [3.8, 4) is 0 Å². The average Bonchev–Trinajstić information content (AvgIpc) is 3.32. The van der Waals surface area contributed by atoms with Crippen molar-refractivity contribution in [3.05, 3.63) is 30.3 Å². The van der Waals surface area contributed by atoms with E-state index in [2.05, 4.69) is 5.32 Å². The Labute approximate surface area is 207 Å². The van der Waals surface area contributed by atoms with Gasteiger partial charge >= 0.3 is 11.9 Å². The quantitative estimate of drug-likeness (QED) is 0.437. The van der Waals surface area contributed by atoms with Crippen LogP contribution in [0.25, 0.3) is 0 Å². The van der Waals surface area contributed by atoms with Gasteiger partial charge in [0, 0.05) is 6.04 Å². The maximum absolute atomic E-state index is 13.5. The summed E-state index contributed by atoms with van der Waals surface area (Å²) in [5.74, 6) is -2.92. The third-order valence-electron chi connectivity index (χ3n) is 7.50. The molecule has 2 N–H and O–H groups in total. The molecule has 0 radical (unpaired) electrons. The summed E-state index contributed by atoms with van der Waals surface area (Å²) in [4.78, 5) is 37.9. The minimum Gasteiger partial charge on any atom is -0.481 e. The van der Waals surface area contributed by atoms with E-state index in [-0.39, 0.29) is 47.3 Å². The van der Waals surface area contributed by atoms with Crippen LogP contribution in [0.3, 0.4) is 0 Å².